The summed E-state index contributed by atoms with van der Waals surface area (Å²) in [7, 11) is 0. The molecule has 8 heteroatoms. The summed E-state index contributed by atoms with van der Waals surface area (Å²) in [6, 6.07) is 6.62. The Labute approximate surface area is 150 Å². The van der Waals surface area contributed by atoms with Crippen LogP contribution in [0.25, 0.3) is 0 Å². The Morgan fingerprint density at radius 3 is 2.46 bits per heavy atom. The fraction of sp³-hybridized carbons (Fsp3) is 0.389. The molecule has 7 nitrogen and oxygen atoms in total. The molecule has 0 atom stereocenters. The number of anilines is 2. The van der Waals surface area contributed by atoms with Gasteiger partial charge in [0.05, 0.1) is 5.69 Å². The number of aromatic amines is 1. The van der Waals surface area contributed by atoms with Crippen molar-refractivity contribution in [1.29, 1.82) is 0 Å². The van der Waals surface area contributed by atoms with Gasteiger partial charge in [0.2, 0.25) is 5.95 Å². The summed E-state index contributed by atoms with van der Waals surface area (Å²) >= 11 is 0. The first-order valence-electron chi connectivity index (χ1n) is 8.60. The second kappa shape index (κ2) is 7.55. The maximum atomic E-state index is 13.9. The summed E-state index contributed by atoms with van der Waals surface area (Å²) in [5, 5.41) is 2.67. The number of amides is 1. The van der Waals surface area contributed by atoms with Crippen LogP contribution in [0.15, 0.2) is 35.3 Å². The molecular weight excluding hydrogens is 337 g/mol. The van der Waals surface area contributed by atoms with Crippen LogP contribution in [-0.2, 0) is 0 Å². The molecule has 2 N–H and O–H groups in total. The van der Waals surface area contributed by atoms with Gasteiger partial charge >= 0.3 is 0 Å². The van der Waals surface area contributed by atoms with Gasteiger partial charge in [0.1, 0.15) is 11.4 Å². The lowest BCUT2D eigenvalue weighted by Gasteiger charge is -2.36. The molecule has 0 bridgehead atoms. The van der Waals surface area contributed by atoms with Gasteiger partial charge in [0, 0.05) is 38.4 Å². The van der Waals surface area contributed by atoms with Gasteiger partial charge in [0.25, 0.3) is 11.5 Å². The van der Waals surface area contributed by atoms with Gasteiger partial charge in [-0.15, -0.1) is 0 Å². The van der Waals surface area contributed by atoms with Crippen molar-refractivity contribution in [3.63, 3.8) is 0 Å². The van der Waals surface area contributed by atoms with Gasteiger partial charge in [-0.2, -0.15) is 0 Å². The Morgan fingerprint density at radius 1 is 1.19 bits per heavy atom. The molecule has 2 aromatic rings. The number of carbonyl (C=O) groups is 1. The zero-order valence-corrected chi connectivity index (χ0v) is 14.8. The van der Waals surface area contributed by atoms with E-state index in [4.69, 9.17) is 0 Å². The number of hydrogen-bond donors (Lipinski definition) is 2. The topological polar surface area (TPSA) is 81.3 Å². The minimum atomic E-state index is -0.468. The van der Waals surface area contributed by atoms with Crippen LogP contribution in [0.2, 0.25) is 0 Å². The lowest BCUT2D eigenvalue weighted by atomic mass is 10.2. The molecule has 3 rings (SSSR count). The smallest absolute Gasteiger partial charge is 0.265 e. The average molecular weight is 359 g/mol. The van der Waals surface area contributed by atoms with Crippen LogP contribution in [0.1, 0.15) is 24.2 Å². The first kappa shape index (κ1) is 17.9. The second-order valence-corrected chi connectivity index (χ2v) is 6.50. The van der Waals surface area contributed by atoms with E-state index in [1.165, 1.54) is 12.3 Å². The molecule has 1 aromatic carbocycles. The SMILES string of the molecule is CC(C)NC(=O)c1cnc(N2CCN(c3ccccc3F)CC2)[nH]c1=O. The molecular formula is C18H22FN5O2. The first-order valence-corrected chi connectivity index (χ1v) is 8.60. The van der Waals surface area contributed by atoms with Crippen LogP contribution in [0.4, 0.5) is 16.0 Å². The Morgan fingerprint density at radius 2 is 1.85 bits per heavy atom. The van der Waals surface area contributed by atoms with E-state index in [2.05, 4.69) is 15.3 Å². The fourth-order valence-electron chi connectivity index (χ4n) is 2.92. The fourth-order valence-corrected chi connectivity index (χ4v) is 2.92. The van der Waals surface area contributed by atoms with Crippen LogP contribution < -0.4 is 20.7 Å². The van der Waals surface area contributed by atoms with Crippen LogP contribution in [0, 0.1) is 5.82 Å². The van der Waals surface area contributed by atoms with Gasteiger partial charge in [-0.3, -0.25) is 14.6 Å². The molecule has 1 aliphatic heterocycles. The summed E-state index contributed by atoms with van der Waals surface area (Å²) in [6.45, 7) is 6.05. The summed E-state index contributed by atoms with van der Waals surface area (Å²) < 4.78 is 13.9. The molecule has 0 saturated carbocycles. The Hall–Kier alpha value is -2.90. The third-order valence-electron chi connectivity index (χ3n) is 4.22. The van der Waals surface area contributed by atoms with Gasteiger partial charge in [-0.05, 0) is 26.0 Å². The average Bonchev–Trinajstić information content (AvgIpc) is 2.61. The van der Waals surface area contributed by atoms with Gasteiger partial charge in [-0.1, -0.05) is 12.1 Å². The van der Waals surface area contributed by atoms with Crippen LogP contribution in [0.3, 0.4) is 0 Å². The number of benzene rings is 1. The number of H-pyrrole nitrogens is 1. The number of halogens is 1. The Balaban J connectivity index is 1.68. The maximum Gasteiger partial charge on any atom is 0.265 e. The number of rotatable bonds is 4. The Kier molecular flexibility index (Phi) is 5.20. The monoisotopic (exact) mass is 359 g/mol. The second-order valence-electron chi connectivity index (χ2n) is 6.50. The van der Waals surface area contributed by atoms with Crippen molar-refractivity contribution >= 4 is 17.5 Å². The minimum Gasteiger partial charge on any atom is -0.366 e. The van der Waals surface area contributed by atoms with E-state index >= 15 is 0 Å². The zero-order chi connectivity index (χ0) is 18.7. The van der Waals surface area contributed by atoms with Gasteiger partial charge < -0.3 is 15.1 Å². The summed E-state index contributed by atoms with van der Waals surface area (Å²) in [6.07, 6.45) is 1.30. The highest BCUT2D eigenvalue weighted by Gasteiger charge is 2.21. The van der Waals surface area contributed by atoms with Crippen molar-refractivity contribution in [2.75, 3.05) is 36.0 Å². The molecule has 1 amide bonds. The minimum absolute atomic E-state index is 0.00700. The van der Waals surface area contributed by atoms with Crippen molar-refractivity contribution in [2.24, 2.45) is 0 Å². The molecule has 0 aliphatic carbocycles. The van der Waals surface area contributed by atoms with Crippen molar-refractivity contribution in [3.8, 4) is 0 Å². The van der Waals surface area contributed by atoms with E-state index in [0.717, 1.165) is 0 Å². The first-order chi connectivity index (χ1) is 12.5. The van der Waals surface area contributed by atoms with Crippen molar-refractivity contribution in [1.82, 2.24) is 15.3 Å². The lowest BCUT2D eigenvalue weighted by Crippen LogP contribution is -2.48. The van der Waals surface area contributed by atoms with Crippen molar-refractivity contribution < 1.29 is 9.18 Å². The molecule has 0 radical (unpaired) electrons. The number of hydrogen-bond acceptors (Lipinski definition) is 5. The van der Waals surface area contributed by atoms with E-state index in [1.54, 1.807) is 12.1 Å². The number of piperazine rings is 1. The molecule has 0 unspecified atom stereocenters. The third kappa shape index (κ3) is 3.84. The molecule has 1 aromatic heterocycles. The number of nitrogens with one attached hydrogen (secondary N) is 2. The third-order valence-corrected chi connectivity index (χ3v) is 4.22. The molecule has 2 heterocycles. The highest BCUT2D eigenvalue weighted by molar-refractivity contribution is 5.93. The van der Waals surface area contributed by atoms with Crippen LogP contribution in [0.5, 0.6) is 0 Å². The van der Waals surface area contributed by atoms with E-state index < -0.39 is 11.5 Å². The largest absolute Gasteiger partial charge is 0.366 e. The van der Waals surface area contributed by atoms with E-state index in [-0.39, 0.29) is 17.4 Å². The standard InChI is InChI=1S/C18H22FN5O2/c1-12(2)21-16(25)13-11-20-18(22-17(13)26)24-9-7-23(8-10-24)15-6-4-3-5-14(15)19/h3-6,11-12H,7-10H2,1-2H3,(H,21,25)(H,20,22,26). The van der Waals surface area contributed by atoms with Crippen LogP contribution in [-0.4, -0.2) is 48.1 Å². The summed E-state index contributed by atoms with van der Waals surface area (Å²) in [5.41, 5.74) is 0.103. The zero-order valence-electron chi connectivity index (χ0n) is 14.8. The van der Waals surface area contributed by atoms with Crippen molar-refractivity contribution in [3.05, 3.63) is 52.2 Å². The molecule has 26 heavy (non-hydrogen) atoms. The normalized spacial score (nSPS) is 14.6. The highest BCUT2D eigenvalue weighted by atomic mass is 19.1. The highest BCUT2D eigenvalue weighted by Crippen LogP contribution is 2.21. The molecule has 1 saturated heterocycles. The molecule has 138 valence electrons. The lowest BCUT2D eigenvalue weighted by molar-refractivity contribution is 0.0941. The van der Waals surface area contributed by atoms with Gasteiger partial charge in [-0.25, -0.2) is 9.37 Å². The summed E-state index contributed by atoms with van der Waals surface area (Å²) in [5.74, 6) is -0.262. The van der Waals surface area contributed by atoms with E-state index in [1.807, 2.05) is 29.7 Å². The van der Waals surface area contributed by atoms with E-state index in [9.17, 15) is 14.0 Å². The van der Waals surface area contributed by atoms with E-state index in [0.29, 0.717) is 37.8 Å². The molecule has 1 fully saturated rings. The number of nitrogens with zero attached hydrogens (tertiary/aromatic N) is 3. The summed E-state index contributed by atoms with van der Waals surface area (Å²) in [4.78, 5) is 34.9. The van der Waals surface area contributed by atoms with Crippen LogP contribution >= 0.6 is 0 Å². The van der Waals surface area contributed by atoms with Gasteiger partial charge in [0.15, 0.2) is 0 Å². The maximum absolute atomic E-state index is 13.9. The molecule has 0 spiro atoms. The number of aromatic nitrogens is 2. The number of carbonyl (C=O) groups excluding carboxylic acids is 1. The predicted octanol–water partition coefficient (Wildman–Crippen LogP) is 1.37. The van der Waals surface area contributed by atoms with Crippen molar-refractivity contribution in [2.45, 2.75) is 19.9 Å². The predicted molar refractivity (Wildman–Crippen MR) is 98.3 cm³/mol. The number of para-hydroxylation sites is 1. The molecule has 1 aliphatic rings. The Bertz CT molecular complexity index is 843. The quantitative estimate of drug-likeness (QED) is 0.862.